The van der Waals surface area contributed by atoms with Crippen LogP contribution in [0.2, 0.25) is 0 Å². The summed E-state index contributed by atoms with van der Waals surface area (Å²) >= 11 is 0. The highest BCUT2D eigenvalue weighted by Gasteiger charge is 2.40. The number of nitrogens with two attached hydrogens (primary N) is 1. The topological polar surface area (TPSA) is 109 Å². The van der Waals surface area contributed by atoms with Gasteiger partial charge in [0.25, 0.3) is 5.91 Å². The first kappa shape index (κ1) is 24.5. The van der Waals surface area contributed by atoms with Crippen molar-refractivity contribution in [2.75, 3.05) is 24.5 Å². The molecule has 2 saturated heterocycles. The number of carbonyl (C=O) groups excluding carboxylic acids is 1. The highest BCUT2D eigenvalue weighted by atomic mass is 32.2. The fourth-order valence-electron chi connectivity index (χ4n) is 4.82. The molecule has 3 N–H and O–H groups in total. The molecule has 0 aliphatic carbocycles. The molecular weight excluding hydrogens is 464 g/mol. The third-order valence-corrected chi connectivity index (χ3v) is 7.87. The zero-order valence-electron chi connectivity index (χ0n) is 19.4. The second kappa shape index (κ2) is 8.86. The maximum Gasteiger partial charge on any atom is 0.304 e. The van der Waals surface area contributed by atoms with Crippen LogP contribution in [0.5, 0.6) is 0 Å². The molecule has 0 unspecified atom stereocenters. The van der Waals surface area contributed by atoms with Gasteiger partial charge in [0.2, 0.25) is 0 Å². The second-order valence-electron chi connectivity index (χ2n) is 9.77. The standard InChI is InChI=1S/C23H29F2N5O3S/c1-14-11-23(2,3)30(12-14)21-17(22(31)28-34(32,33)29-9-8-16(26)13-29)5-7-20(27-21)15-4-6-18(24)19(25)10-15/h4-7,10,14,16H,8-9,11-13,26H2,1-3H3,(H,28,31)/t14-,16+/m0/s1. The third kappa shape index (κ3) is 4.77. The molecule has 8 nitrogen and oxygen atoms in total. The Bertz CT molecular complexity index is 1220. The van der Waals surface area contributed by atoms with Gasteiger partial charge in [0.05, 0.1) is 11.3 Å². The Kier molecular flexibility index (Phi) is 6.38. The van der Waals surface area contributed by atoms with Crippen molar-refractivity contribution < 1.29 is 22.0 Å². The molecule has 2 atom stereocenters. The van der Waals surface area contributed by atoms with E-state index in [4.69, 9.17) is 5.73 Å². The molecule has 2 aliphatic rings. The van der Waals surface area contributed by atoms with Crippen LogP contribution >= 0.6 is 0 Å². The van der Waals surface area contributed by atoms with E-state index in [9.17, 15) is 22.0 Å². The number of benzene rings is 1. The Labute approximate surface area is 198 Å². The van der Waals surface area contributed by atoms with Gasteiger partial charge < -0.3 is 10.6 Å². The Morgan fingerprint density at radius 2 is 1.91 bits per heavy atom. The van der Waals surface area contributed by atoms with Crippen LogP contribution in [0, 0.1) is 17.6 Å². The molecule has 0 radical (unpaired) electrons. The highest BCUT2D eigenvalue weighted by molar-refractivity contribution is 7.87. The number of hydrogen-bond acceptors (Lipinski definition) is 6. The van der Waals surface area contributed by atoms with E-state index >= 15 is 0 Å². The minimum absolute atomic E-state index is 0.0839. The molecule has 2 aliphatic heterocycles. The van der Waals surface area contributed by atoms with E-state index in [1.54, 1.807) is 0 Å². The van der Waals surface area contributed by atoms with Gasteiger partial charge in [-0.15, -0.1) is 0 Å². The number of nitrogens with one attached hydrogen (secondary N) is 1. The van der Waals surface area contributed by atoms with E-state index in [1.165, 1.54) is 18.2 Å². The summed E-state index contributed by atoms with van der Waals surface area (Å²) in [5.74, 6) is -2.18. The van der Waals surface area contributed by atoms with Gasteiger partial charge in [0, 0.05) is 36.8 Å². The summed E-state index contributed by atoms with van der Waals surface area (Å²) in [6.45, 7) is 7.11. The first-order chi connectivity index (χ1) is 15.9. The SMILES string of the molecule is C[C@@H]1CN(c2nc(-c3ccc(F)c(F)c3)ccc2C(=O)NS(=O)(=O)N2CC[C@@H](N)C2)C(C)(C)C1. The number of hydrogen-bond donors (Lipinski definition) is 2. The molecule has 0 spiro atoms. The molecule has 184 valence electrons. The number of pyridine rings is 1. The first-order valence-electron chi connectivity index (χ1n) is 11.2. The minimum atomic E-state index is -4.08. The van der Waals surface area contributed by atoms with Crippen molar-refractivity contribution in [2.45, 2.75) is 45.2 Å². The van der Waals surface area contributed by atoms with Crippen LogP contribution in [0.1, 0.15) is 44.0 Å². The number of nitrogens with zero attached hydrogens (tertiary/aromatic N) is 3. The van der Waals surface area contributed by atoms with Crippen LogP contribution in [0.15, 0.2) is 30.3 Å². The highest BCUT2D eigenvalue weighted by Crippen LogP contribution is 2.38. The molecule has 1 aromatic carbocycles. The second-order valence-corrected chi connectivity index (χ2v) is 11.4. The summed E-state index contributed by atoms with van der Waals surface area (Å²) in [6, 6.07) is 6.16. The normalized spacial score (nSPS) is 22.8. The van der Waals surface area contributed by atoms with Crippen molar-refractivity contribution in [1.29, 1.82) is 0 Å². The van der Waals surface area contributed by atoms with Gasteiger partial charge in [-0.1, -0.05) is 6.92 Å². The van der Waals surface area contributed by atoms with E-state index in [0.29, 0.717) is 36.0 Å². The fraction of sp³-hybridized carbons (Fsp3) is 0.478. The number of rotatable bonds is 5. The quantitative estimate of drug-likeness (QED) is 0.663. The average Bonchev–Trinajstić information content (AvgIpc) is 3.31. The third-order valence-electron chi connectivity index (χ3n) is 6.41. The summed E-state index contributed by atoms with van der Waals surface area (Å²) in [6.07, 6.45) is 1.36. The summed E-state index contributed by atoms with van der Waals surface area (Å²) in [5.41, 5.74) is 6.24. The predicted octanol–water partition coefficient (Wildman–Crippen LogP) is 2.66. The Balaban J connectivity index is 1.74. The lowest BCUT2D eigenvalue weighted by atomic mass is 9.97. The van der Waals surface area contributed by atoms with E-state index in [1.807, 2.05) is 18.7 Å². The lowest BCUT2D eigenvalue weighted by Crippen LogP contribution is -2.44. The Hall–Kier alpha value is -2.63. The van der Waals surface area contributed by atoms with Crippen LogP contribution in [-0.4, -0.2) is 54.8 Å². The van der Waals surface area contributed by atoms with Crippen LogP contribution in [-0.2, 0) is 10.2 Å². The smallest absolute Gasteiger partial charge is 0.304 e. The molecule has 11 heteroatoms. The number of carbonyl (C=O) groups is 1. The lowest BCUT2D eigenvalue weighted by Gasteiger charge is -2.34. The molecular formula is C23H29F2N5O3S. The maximum absolute atomic E-state index is 13.9. The Morgan fingerprint density at radius 1 is 1.18 bits per heavy atom. The maximum atomic E-state index is 13.9. The minimum Gasteiger partial charge on any atom is -0.351 e. The molecule has 3 heterocycles. The zero-order chi connectivity index (χ0) is 24.8. The van der Waals surface area contributed by atoms with Crippen molar-refractivity contribution in [1.82, 2.24) is 14.0 Å². The Morgan fingerprint density at radius 3 is 2.50 bits per heavy atom. The van der Waals surface area contributed by atoms with Crippen molar-refractivity contribution >= 4 is 21.9 Å². The number of amides is 1. The fourth-order valence-corrected chi connectivity index (χ4v) is 6.02. The summed E-state index contributed by atoms with van der Waals surface area (Å²) in [4.78, 5) is 19.8. The van der Waals surface area contributed by atoms with Gasteiger partial charge in [0.1, 0.15) is 5.82 Å². The average molecular weight is 494 g/mol. The first-order valence-corrected chi connectivity index (χ1v) is 12.6. The molecule has 4 rings (SSSR count). The van der Waals surface area contributed by atoms with E-state index in [-0.39, 0.29) is 30.2 Å². The predicted molar refractivity (Wildman–Crippen MR) is 125 cm³/mol. The van der Waals surface area contributed by atoms with E-state index < -0.39 is 27.8 Å². The van der Waals surface area contributed by atoms with Gasteiger partial charge in [-0.25, -0.2) is 18.5 Å². The van der Waals surface area contributed by atoms with Gasteiger partial charge in [-0.05, 0) is 62.9 Å². The summed E-state index contributed by atoms with van der Waals surface area (Å²) in [5, 5.41) is 0. The van der Waals surface area contributed by atoms with Gasteiger partial charge in [-0.2, -0.15) is 12.7 Å². The van der Waals surface area contributed by atoms with E-state index in [0.717, 1.165) is 22.9 Å². The molecule has 0 bridgehead atoms. The lowest BCUT2D eigenvalue weighted by molar-refractivity contribution is 0.0979. The van der Waals surface area contributed by atoms with Crippen molar-refractivity contribution in [3.05, 3.63) is 47.5 Å². The van der Waals surface area contributed by atoms with Gasteiger partial charge in [0.15, 0.2) is 11.6 Å². The molecule has 1 amide bonds. The summed E-state index contributed by atoms with van der Waals surface area (Å²) < 4.78 is 56.1. The molecule has 1 aromatic heterocycles. The molecule has 34 heavy (non-hydrogen) atoms. The molecule has 2 fully saturated rings. The number of halogens is 2. The van der Waals surface area contributed by atoms with Crippen molar-refractivity contribution in [3.63, 3.8) is 0 Å². The summed E-state index contributed by atoms with van der Waals surface area (Å²) in [7, 11) is -4.08. The van der Waals surface area contributed by atoms with Gasteiger partial charge >= 0.3 is 10.2 Å². The van der Waals surface area contributed by atoms with Gasteiger partial charge in [-0.3, -0.25) is 4.79 Å². The zero-order valence-corrected chi connectivity index (χ0v) is 20.2. The van der Waals surface area contributed by atoms with Crippen LogP contribution in [0.4, 0.5) is 14.6 Å². The monoisotopic (exact) mass is 493 g/mol. The van der Waals surface area contributed by atoms with E-state index in [2.05, 4.69) is 16.6 Å². The molecule has 0 saturated carbocycles. The number of anilines is 1. The van der Waals surface area contributed by atoms with Crippen LogP contribution in [0.25, 0.3) is 11.3 Å². The number of aromatic nitrogens is 1. The van der Waals surface area contributed by atoms with Crippen molar-refractivity contribution in [3.8, 4) is 11.3 Å². The molecule has 2 aromatic rings. The van der Waals surface area contributed by atoms with Crippen LogP contribution in [0.3, 0.4) is 0 Å². The van der Waals surface area contributed by atoms with Crippen LogP contribution < -0.4 is 15.4 Å². The van der Waals surface area contributed by atoms with Crippen molar-refractivity contribution in [2.24, 2.45) is 11.7 Å². The largest absolute Gasteiger partial charge is 0.351 e.